The molecule has 3 aromatic rings. The van der Waals surface area contributed by atoms with Crippen molar-refractivity contribution in [3.05, 3.63) is 60.9 Å². The van der Waals surface area contributed by atoms with E-state index >= 15 is 0 Å². The molecule has 10 nitrogen and oxygen atoms in total. The van der Waals surface area contributed by atoms with Crippen LogP contribution in [0.15, 0.2) is 60.9 Å². The van der Waals surface area contributed by atoms with Crippen LogP contribution in [-0.4, -0.2) is 35.4 Å². The first-order valence-electron chi connectivity index (χ1n) is 10.00. The van der Waals surface area contributed by atoms with Crippen molar-refractivity contribution >= 4 is 46.6 Å². The number of ether oxygens (including phenoxy) is 2. The Kier molecular flexibility index (Phi) is 7.79. The summed E-state index contributed by atoms with van der Waals surface area (Å²) in [5, 5.41) is 11.5. The van der Waals surface area contributed by atoms with Crippen molar-refractivity contribution < 1.29 is 19.1 Å². The SMILES string of the molecule is CCOC(=O)Nc1cnc(Nc2ccc(Nc3ccccc3)nc2)c(NC(=O)OCC)c1. The molecule has 1 aromatic carbocycles. The van der Waals surface area contributed by atoms with Crippen molar-refractivity contribution in [1.29, 1.82) is 0 Å². The molecule has 10 heteroatoms. The molecule has 4 N–H and O–H groups in total. The summed E-state index contributed by atoms with van der Waals surface area (Å²) >= 11 is 0. The molecular formula is C22H24N6O4. The van der Waals surface area contributed by atoms with Gasteiger partial charge in [-0.05, 0) is 44.2 Å². The van der Waals surface area contributed by atoms with Crippen molar-refractivity contribution in [2.75, 3.05) is 34.5 Å². The molecular weight excluding hydrogens is 412 g/mol. The molecule has 3 rings (SSSR count). The van der Waals surface area contributed by atoms with E-state index in [1.807, 2.05) is 42.5 Å². The number of hydrogen-bond acceptors (Lipinski definition) is 8. The molecule has 0 unspecified atom stereocenters. The van der Waals surface area contributed by atoms with E-state index in [4.69, 9.17) is 9.47 Å². The molecule has 0 aliphatic carbocycles. The Morgan fingerprint density at radius 3 is 2.12 bits per heavy atom. The first-order valence-corrected chi connectivity index (χ1v) is 10.00. The molecule has 0 bridgehead atoms. The average molecular weight is 436 g/mol. The van der Waals surface area contributed by atoms with E-state index in [9.17, 15) is 9.59 Å². The summed E-state index contributed by atoms with van der Waals surface area (Å²) in [5.74, 6) is 1.02. The highest BCUT2D eigenvalue weighted by Gasteiger charge is 2.12. The Bertz CT molecular complexity index is 1040. The van der Waals surface area contributed by atoms with Crippen LogP contribution >= 0.6 is 0 Å². The number of amides is 2. The summed E-state index contributed by atoms with van der Waals surface area (Å²) in [7, 11) is 0. The molecule has 166 valence electrons. The molecule has 2 heterocycles. The van der Waals surface area contributed by atoms with Gasteiger partial charge in [-0.1, -0.05) is 18.2 Å². The lowest BCUT2D eigenvalue weighted by Crippen LogP contribution is -2.17. The van der Waals surface area contributed by atoms with E-state index in [-0.39, 0.29) is 13.2 Å². The lowest BCUT2D eigenvalue weighted by Gasteiger charge is -2.14. The number of nitrogens with zero attached hydrogens (tertiary/aromatic N) is 2. The Balaban J connectivity index is 1.76. The standard InChI is InChI=1S/C22H24N6O4/c1-3-31-21(29)27-17-12-18(28-22(30)32-4-2)20(24-14-17)26-16-10-11-19(23-13-16)25-15-8-6-5-7-9-15/h5-14H,3-4H2,1-2H3,(H,23,25)(H,24,26)(H,27,29)(H,28,30). The van der Waals surface area contributed by atoms with Crippen LogP contribution in [0, 0.1) is 0 Å². The van der Waals surface area contributed by atoms with E-state index < -0.39 is 12.2 Å². The maximum atomic E-state index is 11.9. The molecule has 0 saturated carbocycles. The van der Waals surface area contributed by atoms with Crippen LogP contribution in [0.1, 0.15) is 13.8 Å². The predicted molar refractivity (Wildman–Crippen MR) is 123 cm³/mol. The highest BCUT2D eigenvalue weighted by atomic mass is 16.6. The zero-order valence-electron chi connectivity index (χ0n) is 17.7. The number of rotatable bonds is 8. The third-order valence-corrected chi connectivity index (χ3v) is 3.99. The maximum absolute atomic E-state index is 11.9. The van der Waals surface area contributed by atoms with Crippen LogP contribution in [0.2, 0.25) is 0 Å². The summed E-state index contributed by atoms with van der Waals surface area (Å²) in [6.45, 7) is 3.84. The Labute approximate surface area is 185 Å². The molecule has 0 radical (unpaired) electrons. The van der Waals surface area contributed by atoms with Gasteiger partial charge in [-0.25, -0.2) is 19.6 Å². The maximum Gasteiger partial charge on any atom is 0.411 e. The minimum absolute atomic E-state index is 0.211. The van der Waals surface area contributed by atoms with Gasteiger partial charge < -0.3 is 20.1 Å². The Morgan fingerprint density at radius 1 is 0.781 bits per heavy atom. The highest BCUT2D eigenvalue weighted by Crippen LogP contribution is 2.27. The van der Waals surface area contributed by atoms with E-state index in [2.05, 4.69) is 31.2 Å². The molecule has 0 saturated heterocycles. The van der Waals surface area contributed by atoms with Crippen LogP contribution < -0.4 is 21.3 Å². The summed E-state index contributed by atoms with van der Waals surface area (Å²) in [5.41, 5.74) is 2.23. The Morgan fingerprint density at radius 2 is 1.47 bits per heavy atom. The van der Waals surface area contributed by atoms with Crippen molar-refractivity contribution in [2.45, 2.75) is 13.8 Å². The lowest BCUT2D eigenvalue weighted by molar-refractivity contribution is 0.167. The number of anilines is 6. The highest BCUT2D eigenvalue weighted by molar-refractivity contribution is 5.92. The average Bonchev–Trinajstić information content (AvgIpc) is 2.78. The van der Waals surface area contributed by atoms with Crippen molar-refractivity contribution in [3.63, 3.8) is 0 Å². The third-order valence-electron chi connectivity index (χ3n) is 3.99. The van der Waals surface area contributed by atoms with Gasteiger partial charge in [-0.15, -0.1) is 0 Å². The molecule has 0 aliphatic heterocycles. The number of pyridine rings is 2. The van der Waals surface area contributed by atoms with Gasteiger partial charge in [0.1, 0.15) is 5.82 Å². The van der Waals surface area contributed by atoms with Gasteiger partial charge in [-0.3, -0.25) is 10.6 Å². The number of nitrogens with one attached hydrogen (secondary N) is 4. The second-order valence-corrected chi connectivity index (χ2v) is 6.36. The zero-order valence-corrected chi connectivity index (χ0v) is 17.7. The van der Waals surface area contributed by atoms with Crippen LogP contribution in [-0.2, 0) is 9.47 Å². The minimum Gasteiger partial charge on any atom is -0.450 e. The van der Waals surface area contributed by atoms with Crippen LogP contribution in [0.5, 0.6) is 0 Å². The summed E-state index contributed by atoms with van der Waals surface area (Å²) in [4.78, 5) is 32.3. The molecule has 32 heavy (non-hydrogen) atoms. The van der Waals surface area contributed by atoms with Gasteiger partial charge in [0.05, 0.1) is 42.7 Å². The second kappa shape index (κ2) is 11.2. The van der Waals surface area contributed by atoms with Gasteiger partial charge in [0.2, 0.25) is 0 Å². The summed E-state index contributed by atoms with van der Waals surface area (Å²) in [6.07, 6.45) is 1.80. The number of aromatic nitrogens is 2. The molecule has 0 atom stereocenters. The smallest absolute Gasteiger partial charge is 0.411 e. The molecule has 2 aromatic heterocycles. The van der Waals surface area contributed by atoms with Crippen LogP contribution in [0.4, 0.5) is 44.0 Å². The van der Waals surface area contributed by atoms with Crippen LogP contribution in [0.3, 0.4) is 0 Å². The van der Waals surface area contributed by atoms with Gasteiger partial charge in [0.25, 0.3) is 0 Å². The van der Waals surface area contributed by atoms with Gasteiger partial charge in [0, 0.05) is 5.69 Å². The fraction of sp³-hybridized carbons (Fsp3) is 0.182. The normalized spacial score (nSPS) is 10.1. The fourth-order valence-corrected chi connectivity index (χ4v) is 2.64. The summed E-state index contributed by atoms with van der Waals surface area (Å²) in [6, 6.07) is 14.9. The number of hydrogen-bond donors (Lipinski definition) is 4. The van der Waals surface area contributed by atoms with Crippen LogP contribution in [0.25, 0.3) is 0 Å². The number of para-hydroxylation sites is 1. The van der Waals surface area contributed by atoms with Gasteiger partial charge in [-0.2, -0.15) is 0 Å². The quantitative estimate of drug-likeness (QED) is 0.384. The van der Waals surface area contributed by atoms with Gasteiger partial charge in [0.15, 0.2) is 5.82 Å². The van der Waals surface area contributed by atoms with E-state index in [0.29, 0.717) is 28.7 Å². The second-order valence-electron chi connectivity index (χ2n) is 6.36. The number of benzene rings is 1. The van der Waals surface area contributed by atoms with Crippen molar-refractivity contribution in [1.82, 2.24) is 9.97 Å². The van der Waals surface area contributed by atoms with Crippen molar-refractivity contribution in [3.8, 4) is 0 Å². The first-order chi connectivity index (χ1) is 15.6. The van der Waals surface area contributed by atoms with E-state index in [0.717, 1.165) is 5.69 Å². The zero-order chi connectivity index (χ0) is 22.8. The molecule has 0 spiro atoms. The molecule has 2 amide bonds. The van der Waals surface area contributed by atoms with Gasteiger partial charge >= 0.3 is 12.2 Å². The minimum atomic E-state index is -0.647. The monoisotopic (exact) mass is 436 g/mol. The molecule has 0 aliphatic rings. The molecule has 0 fully saturated rings. The van der Waals surface area contributed by atoms with E-state index in [1.54, 1.807) is 26.1 Å². The van der Waals surface area contributed by atoms with E-state index in [1.165, 1.54) is 6.20 Å². The lowest BCUT2D eigenvalue weighted by atomic mass is 10.3. The largest absolute Gasteiger partial charge is 0.450 e. The first kappa shape index (κ1) is 22.3. The predicted octanol–water partition coefficient (Wildman–Crippen LogP) is 5.10. The number of carbonyl (C=O) groups is 2. The third kappa shape index (κ3) is 6.59. The topological polar surface area (TPSA) is 127 Å². The fourth-order valence-electron chi connectivity index (χ4n) is 2.64. The number of carbonyl (C=O) groups excluding carboxylic acids is 2. The Hall–Kier alpha value is -4.34. The van der Waals surface area contributed by atoms with Crippen molar-refractivity contribution in [2.24, 2.45) is 0 Å². The summed E-state index contributed by atoms with van der Waals surface area (Å²) < 4.78 is 9.81.